The highest BCUT2D eigenvalue weighted by Crippen LogP contribution is 2.25. The molecule has 1 N–H and O–H groups in total. The minimum atomic E-state index is 0.0495. The van der Waals surface area contributed by atoms with Crippen LogP contribution < -0.4 is 15.0 Å². The lowest BCUT2D eigenvalue weighted by atomic mass is 9.95. The van der Waals surface area contributed by atoms with Crippen LogP contribution in [-0.2, 0) is 11.3 Å². The molecule has 2 fully saturated rings. The number of rotatable bonds is 7. The van der Waals surface area contributed by atoms with Crippen molar-refractivity contribution in [3.05, 3.63) is 59.7 Å². The van der Waals surface area contributed by atoms with E-state index in [1.165, 1.54) is 12.8 Å². The standard InChI is InChI=1S/C25H30N2O3/c28-18-19-8-10-22(11-9-19)27-14-12-21(13-15-27)25(29)26-17-20-4-3-7-24(16-20)30-23-5-1-2-6-23/h3-4,7-11,16,18,21,23H,1-2,5-6,12-15,17H2,(H,26,29). The lowest BCUT2D eigenvalue weighted by Gasteiger charge is -2.33. The van der Waals surface area contributed by atoms with Crippen molar-refractivity contribution in [2.24, 2.45) is 5.92 Å². The maximum atomic E-state index is 12.7. The molecule has 2 aliphatic rings. The average molecular weight is 407 g/mol. The van der Waals surface area contributed by atoms with Gasteiger partial charge in [-0.2, -0.15) is 0 Å². The second kappa shape index (κ2) is 9.79. The third-order valence-electron chi connectivity index (χ3n) is 6.23. The van der Waals surface area contributed by atoms with Gasteiger partial charge in [-0.25, -0.2) is 0 Å². The molecule has 0 aromatic heterocycles. The maximum absolute atomic E-state index is 12.7. The third-order valence-corrected chi connectivity index (χ3v) is 6.23. The fourth-order valence-corrected chi connectivity index (χ4v) is 4.42. The Morgan fingerprint density at radius 3 is 2.47 bits per heavy atom. The number of nitrogens with one attached hydrogen (secondary N) is 1. The molecule has 0 spiro atoms. The van der Waals surface area contributed by atoms with Crippen LogP contribution in [-0.4, -0.2) is 31.4 Å². The Morgan fingerprint density at radius 1 is 1.03 bits per heavy atom. The summed E-state index contributed by atoms with van der Waals surface area (Å²) in [5.41, 5.74) is 2.87. The largest absolute Gasteiger partial charge is 0.490 e. The molecule has 0 bridgehead atoms. The van der Waals surface area contributed by atoms with Crippen molar-refractivity contribution in [1.29, 1.82) is 0 Å². The van der Waals surface area contributed by atoms with Gasteiger partial charge in [0.1, 0.15) is 12.0 Å². The first-order chi connectivity index (χ1) is 14.7. The maximum Gasteiger partial charge on any atom is 0.223 e. The molecule has 158 valence electrons. The van der Waals surface area contributed by atoms with E-state index >= 15 is 0 Å². The van der Waals surface area contributed by atoms with Gasteiger partial charge in [0.25, 0.3) is 0 Å². The molecular weight excluding hydrogens is 376 g/mol. The van der Waals surface area contributed by atoms with Crippen LogP contribution in [0.1, 0.15) is 54.4 Å². The van der Waals surface area contributed by atoms with Crippen LogP contribution in [0.3, 0.4) is 0 Å². The number of carbonyl (C=O) groups is 2. The summed E-state index contributed by atoms with van der Waals surface area (Å²) < 4.78 is 6.07. The van der Waals surface area contributed by atoms with Crippen LogP contribution in [0.5, 0.6) is 5.75 Å². The van der Waals surface area contributed by atoms with Crippen molar-refractivity contribution in [2.75, 3.05) is 18.0 Å². The molecule has 1 aliphatic heterocycles. The van der Waals surface area contributed by atoms with Crippen LogP contribution in [0.25, 0.3) is 0 Å². The summed E-state index contributed by atoms with van der Waals surface area (Å²) in [6.45, 7) is 2.24. The van der Waals surface area contributed by atoms with Gasteiger partial charge < -0.3 is 15.0 Å². The number of hydrogen-bond acceptors (Lipinski definition) is 4. The number of piperidine rings is 1. The Kier molecular flexibility index (Phi) is 6.67. The van der Waals surface area contributed by atoms with Crippen LogP contribution >= 0.6 is 0 Å². The Labute approximate surface area is 178 Å². The topological polar surface area (TPSA) is 58.6 Å². The Bertz CT molecular complexity index is 851. The normalized spacial score (nSPS) is 17.7. The average Bonchev–Trinajstić information content (AvgIpc) is 3.31. The first kappa shape index (κ1) is 20.5. The summed E-state index contributed by atoms with van der Waals surface area (Å²) in [6.07, 6.45) is 7.67. The molecule has 5 heteroatoms. The summed E-state index contributed by atoms with van der Waals surface area (Å²) in [4.78, 5) is 25.7. The molecule has 1 saturated heterocycles. The molecule has 1 heterocycles. The van der Waals surface area contributed by atoms with E-state index in [4.69, 9.17) is 4.74 Å². The van der Waals surface area contributed by atoms with Gasteiger partial charge >= 0.3 is 0 Å². The van der Waals surface area contributed by atoms with Gasteiger partial charge in [0.05, 0.1) is 6.10 Å². The van der Waals surface area contributed by atoms with Gasteiger partial charge in [0.15, 0.2) is 0 Å². The van der Waals surface area contributed by atoms with Crippen molar-refractivity contribution in [3.8, 4) is 5.75 Å². The SMILES string of the molecule is O=Cc1ccc(N2CCC(C(=O)NCc3cccc(OC4CCCC4)c3)CC2)cc1. The summed E-state index contributed by atoms with van der Waals surface area (Å²) in [5, 5.41) is 3.11. The number of ether oxygens (including phenoxy) is 1. The van der Waals surface area contributed by atoms with E-state index in [0.29, 0.717) is 18.2 Å². The van der Waals surface area contributed by atoms with Crippen molar-refractivity contribution in [3.63, 3.8) is 0 Å². The molecule has 30 heavy (non-hydrogen) atoms. The van der Waals surface area contributed by atoms with E-state index in [9.17, 15) is 9.59 Å². The van der Waals surface area contributed by atoms with E-state index in [0.717, 1.165) is 62.1 Å². The Hall–Kier alpha value is -2.82. The molecule has 4 rings (SSSR count). The third kappa shape index (κ3) is 5.21. The second-order valence-electron chi connectivity index (χ2n) is 8.36. The number of nitrogens with zero attached hydrogens (tertiary/aromatic N) is 1. The smallest absolute Gasteiger partial charge is 0.223 e. The minimum absolute atomic E-state index is 0.0495. The molecule has 0 radical (unpaired) electrons. The molecular formula is C25H30N2O3. The van der Waals surface area contributed by atoms with Gasteiger partial charge in [-0.05, 0) is 80.5 Å². The minimum Gasteiger partial charge on any atom is -0.490 e. The van der Waals surface area contributed by atoms with Gasteiger partial charge in [0.2, 0.25) is 5.91 Å². The Morgan fingerprint density at radius 2 is 1.77 bits per heavy atom. The molecule has 5 nitrogen and oxygen atoms in total. The van der Waals surface area contributed by atoms with Crippen LogP contribution in [0.4, 0.5) is 5.69 Å². The molecule has 1 amide bonds. The van der Waals surface area contributed by atoms with Gasteiger partial charge in [-0.3, -0.25) is 9.59 Å². The fourth-order valence-electron chi connectivity index (χ4n) is 4.42. The van der Waals surface area contributed by atoms with Gasteiger partial charge in [-0.15, -0.1) is 0 Å². The predicted octanol–water partition coefficient (Wildman–Crippen LogP) is 4.35. The summed E-state index contributed by atoms with van der Waals surface area (Å²) in [6, 6.07) is 15.7. The second-order valence-corrected chi connectivity index (χ2v) is 8.36. The van der Waals surface area contributed by atoms with Crippen molar-refractivity contribution in [1.82, 2.24) is 5.32 Å². The molecule has 0 unspecified atom stereocenters. The number of benzene rings is 2. The van der Waals surface area contributed by atoms with Crippen molar-refractivity contribution < 1.29 is 14.3 Å². The number of amides is 1. The zero-order valence-electron chi connectivity index (χ0n) is 17.4. The number of carbonyl (C=O) groups excluding carboxylic acids is 2. The monoisotopic (exact) mass is 406 g/mol. The zero-order valence-corrected chi connectivity index (χ0v) is 17.4. The highest BCUT2D eigenvalue weighted by molar-refractivity contribution is 5.79. The van der Waals surface area contributed by atoms with E-state index < -0.39 is 0 Å². The Balaban J connectivity index is 1.24. The number of anilines is 1. The van der Waals surface area contributed by atoms with E-state index in [-0.39, 0.29) is 11.8 Å². The molecule has 0 atom stereocenters. The lowest BCUT2D eigenvalue weighted by Crippen LogP contribution is -2.40. The summed E-state index contributed by atoms with van der Waals surface area (Å²) >= 11 is 0. The molecule has 2 aromatic carbocycles. The van der Waals surface area contributed by atoms with Gasteiger partial charge in [0, 0.05) is 36.8 Å². The van der Waals surface area contributed by atoms with E-state index in [1.807, 2.05) is 48.5 Å². The summed E-state index contributed by atoms with van der Waals surface area (Å²) in [7, 11) is 0. The quantitative estimate of drug-likeness (QED) is 0.695. The van der Waals surface area contributed by atoms with E-state index in [2.05, 4.69) is 10.2 Å². The fraction of sp³-hybridized carbons (Fsp3) is 0.440. The highest BCUT2D eigenvalue weighted by atomic mass is 16.5. The predicted molar refractivity (Wildman–Crippen MR) is 118 cm³/mol. The van der Waals surface area contributed by atoms with Crippen LogP contribution in [0.2, 0.25) is 0 Å². The number of hydrogen-bond donors (Lipinski definition) is 1. The molecule has 2 aromatic rings. The molecule has 1 saturated carbocycles. The first-order valence-electron chi connectivity index (χ1n) is 11.0. The highest BCUT2D eigenvalue weighted by Gasteiger charge is 2.25. The summed E-state index contributed by atoms with van der Waals surface area (Å²) in [5.74, 6) is 1.09. The van der Waals surface area contributed by atoms with Crippen molar-refractivity contribution >= 4 is 17.9 Å². The lowest BCUT2D eigenvalue weighted by molar-refractivity contribution is -0.125. The van der Waals surface area contributed by atoms with E-state index in [1.54, 1.807) is 0 Å². The van der Waals surface area contributed by atoms with Crippen LogP contribution in [0.15, 0.2) is 48.5 Å². The van der Waals surface area contributed by atoms with Crippen LogP contribution in [0, 0.1) is 5.92 Å². The van der Waals surface area contributed by atoms with Gasteiger partial charge in [-0.1, -0.05) is 12.1 Å². The van der Waals surface area contributed by atoms with Crippen molar-refractivity contribution in [2.45, 2.75) is 51.2 Å². The number of aldehydes is 1. The first-order valence-corrected chi connectivity index (χ1v) is 11.0. The zero-order chi connectivity index (χ0) is 20.8. The molecule has 1 aliphatic carbocycles.